The Morgan fingerprint density at radius 1 is 1.33 bits per heavy atom. The van der Waals surface area contributed by atoms with E-state index < -0.39 is 11.7 Å². The van der Waals surface area contributed by atoms with Crippen molar-refractivity contribution >= 4 is 29.0 Å². The number of benzene rings is 2. The minimum absolute atomic E-state index is 0.0433. The molecule has 0 heterocycles. The van der Waals surface area contributed by atoms with Gasteiger partial charge in [0.25, 0.3) is 5.91 Å². The summed E-state index contributed by atoms with van der Waals surface area (Å²) in [6.07, 6.45) is 1.92. The molecular formula is C15H15FN2O2S. The molecule has 2 aromatic rings. The van der Waals surface area contributed by atoms with Crippen LogP contribution in [0.2, 0.25) is 0 Å². The number of amides is 1. The minimum atomic E-state index is -0.540. The Morgan fingerprint density at radius 3 is 2.86 bits per heavy atom. The first-order valence-corrected chi connectivity index (χ1v) is 7.43. The smallest absolute Gasteiger partial charge is 0.262 e. The van der Waals surface area contributed by atoms with E-state index in [1.54, 1.807) is 6.07 Å². The number of carbonyl (C=O) groups is 1. The van der Waals surface area contributed by atoms with E-state index >= 15 is 0 Å². The minimum Gasteiger partial charge on any atom is -0.483 e. The van der Waals surface area contributed by atoms with E-state index in [1.807, 2.05) is 24.5 Å². The summed E-state index contributed by atoms with van der Waals surface area (Å²) in [5, 5.41) is 2.43. The number of nitrogen functional groups attached to an aromatic ring is 1. The number of nitrogens with one attached hydrogen (secondary N) is 1. The van der Waals surface area contributed by atoms with Gasteiger partial charge in [-0.1, -0.05) is 12.1 Å². The Labute approximate surface area is 126 Å². The van der Waals surface area contributed by atoms with Crippen LogP contribution < -0.4 is 15.8 Å². The zero-order valence-corrected chi connectivity index (χ0v) is 12.2. The Kier molecular flexibility index (Phi) is 5.05. The number of para-hydroxylation sites is 1. The fraction of sp³-hybridized carbons (Fsp3) is 0.133. The van der Waals surface area contributed by atoms with Crippen molar-refractivity contribution < 1.29 is 13.9 Å². The number of anilines is 2. The van der Waals surface area contributed by atoms with E-state index in [9.17, 15) is 9.18 Å². The Morgan fingerprint density at radius 2 is 2.10 bits per heavy atom. The molecular weight excluding hydrogens is 291 g/mol. The lowest BCUT2D eigenvalue weighted by Gasteiger charge is -2.10. The van der Waals surface area contributed by atoms with Crippen LogP contribution in [0.1, 0.15) is 0 Å². The highest BCUT2D eigenvalue weighted by molar-refractivity contribution is 7.98. The molecule has 21 heavy (non-hydrogen) atoms. The van der Waals surface area contributed by atoms with Crippen LogP contribution in [0.15, 0.2) is 47.4 Å². The summed E-state index contributed by atoms with van der Waals surface area (Å²) >= 11 is 1.52. The summed E-state index contributed by atoms with van der Waals surface area (Å²) in [7, 11) is 0. The fourth-order valence-electron chi connectivity index (χ4n) is 1.71. The first-order chi connectivity index (χ1) is 10.1. The van der Waals surface area contributed by atoms with E-state index in [1.165, 1.54) is 30.0 Å². The van der Waals surface area contributed by atoms with Crippen molar-refractivity contribution in [3.8, 4) is 5.75 Å². The van der Waals surface area contributed by atoms with E-state index in [4.69, 9.17) is 10.5 Å². The topological polar surface area (TPSA) is 64.3 Å². The van der Waals surface area contributed by atoms with Crippen LogP contribution in [-0.4, -0.2) is 18.8 Å². The molecule has 0 fully saturated rings. The van der Waals surface area contributed by atoms with Crippen molar-refractivity contribution in [1.82, 2.24) is 0 Å². The van der Waals surface area contributed by atoms with Crippen molar-refractivity contribution in [2.75, 3.05) is 23.9 Å². The van der Waals surface area contributed by atoms with Gasteiger partial charge in [0, 0.05) is 10.6 Å². The van der Waals surface area contributed by atoms with Gasteiger partial charge in [-0.25, -0.2) is 4.39 Å². The number of ether oxygens (including phenoxy) is 1. The average Bonchev–Trinajstić information content (AvgIpc) is 2.49. The number of rotatable bonds is 5. The van der Waals surface area contributed by atoms with Gasteiger partial charge >= 0.3 is 0 Å². The second-order valence-electron chi connectivity index (χ2n) is 4.23. The van der Waals surface area contributed by atoms with Crippen molar-refractivity contribution in [3.05, 3.63) is 48.3 Å². The first kappa shape index (κ1) is 15.2. The van der Waals surface area contributed by atoms with Crippen molar-refractivity contribution in [1.29, 1.82) is 0 Å². The van der Waals surface area contributed by atoms with E-state index in [2.05, 4.69) is 5.32 Å². The lowest BCUT2D eigenvalue weighted by atomic mass is 10.2. The highest BCUT2D eigenvalue weighted by Gasteiger charge is 2.09. The van der Waals surface area contributed by atoms with Gasteiger partial charge in [-0.3, -0.25) is 4.79 Å². The fourth-order valence-corrected chi connectivity index (χ4v) is 2.25. The molecule has 0 aliphatic rings. The third-order valence-corrected chi connectivity index (χ3v) is 3.47. The summed E-state index contributed by atoms with van der Waals surface area (Å²) in [6, 6.07) is 11.4. The molecule has 3 N–H and O–H groups in total. The van der Waals surface area contributed by atoms with Crippen LogP contribution in [0.4, 0.5) is 15.8 Å². The molecule has 2 aromatic carbocycles. The number of carbonyl (C=O) groups excluding carboxylic acids is 1. The third kappa shape index (κ3) is 4.13. The highest BCUT2D eigenvalue weighted by atomic mass is 32.2. The highest BCUT2D eigenvalue weighted by Crippen LogP contribution is 2.26. The van der Waals surface area contributed by atoms with Gasteiger partial charge in [0.15, 0.2) is 6.61 Å². The van der Waals surface area contributed by atoms with Crippen LogP contribution in [0, 0.1) is 5.82 Å². The van der Waals surface area contributed by atoms with Gasteiger partial charge < -0.3 is 15.8 Å². The molecule has 0 bridgehead atoms. The zero-order valence-electron chi connectivity index (χ0n) is 11.4. The number of hydrogen-bond acceptors (Lipinski definition) is 4. The maximum absolute atomic E-state index is 13.5. The molecule has 0 unspecified atom stereocenters. The van der Waals surface area contributed by atoms with Gasteiger partial charge in [-0.2, -0.15) is 0 Å². The van der Waals surface area contributed by atoms with Gasteiger partial charge in [0.05, 0.1) is 5.69 Å². The predicted molar refractivity (Wildman–Crippen MR) is 83.2 cm³/mol. The first-order valence-electron chi connectivity index (χ1n) is 6.21. The van der Waals surface area contributed by atoms with E-state index in [0.717, 1.165) is 4.90 Å². The molecule has 0 aliphatic heterocycles. The largest absolute Gasteiger partial charge is 0.483 e. The van der Waals surface area contributed by atoms with Crippen LogP contribution >= 0.6 is 11.8 Å². The predicted octanol–water partition coefficient (Wildman–Crippen LogP) is 3.15. The van der Waals surface area contributed by atoms with Crippen molar-refractivity contribution in [2.45, 2.75) is 4.90 Å². The Hall–Kier alpha value is -2.21. The summed E-state index contributed by atoms with van der Waals surface area (Å²) < 4.78 is 18.9. The maximum Gasteiger partial charge on any atom is 0.262 e. The van der Waals surface area contributed by atoms with Crippen molar-refractivity contribution in [3.63, 3.8) is 0 Å². The molecule has 2 rings (SSSR count). The number of nitrogens with two attached hydrogens (primary N) is 1. The molecule has 0 spiro atoms. The van der Waals surface area contributed by atoms with Crippen LogP contribution in [0.25, 0.3) is 0 Å². The second-order valence-corrected chi connectivity index (χ2v) is 5.08. The monoisotopic (exact) mass is 306 g/mol. The molecule has 0 saturated heterocycles. The molecule has 110 valence electrons. The molecule has 4 nitrogen and oxygen atoms in total. The van der Waals surface area contributed by atoms with Gasteiger partial charge in [0.1, 0.15) is 11.6 Å². The summed E-state index contributed by atoms with van der Waals surface area (Å²) in [6.45, 7) is -0.203. The summed E-state index contributed by atoms with van der Waals surface area (Å²) in [4.78, 5) is 12.7. The SMILES string of the molecule is CSc1ccccc1OCC(=O)Nc1cc(N)ccc1F. The number of halogens is 1. The molecule has 1 amide bonds. The zero-order chi connectivity index (χ0) is 15.2. The number of hydrogen-bond donors (Lipinski definition) is 2. The molecule has 0 atom stereocenters. The quantitative estimate of drug-likeness (QED) is 0.658. The van der Waals surface area contributed by atoms with Crippen LogP contribution in [0.5, 0.6) is 5.75 Å². The van der Waals surface area contributed by atoms with E-state index in [0.29, 0.717) is 11.4 Å². The lowest BCUT2D eigenvalue weighted by molar-refractivity contribution is -0.118. The van der Waals surface area contributed by atoms with Gasteiger partial charge in [-0.15, -0.1) is 11.8 Å². The summed E-state index contributed by atoms with van der Waals surface area (Å²) in [5.41, 5.74) is 5.97. The standard InChI is InChI=1S/C15H15FN2O2S/c1-21-14-5-3-2-4-13(14)20-9-15(19)18-12-8-10(17)6-7-11(12)16/h2-8H,9,17H2,1H3,(H,18,19). The maximum atomic E-state index is 13.5. The van der Waals surface area contributed by atoms with Crippen LogP contribution in [0.3, 0.4) is 0 Å². The lowest BCUT2D eigenvalue weighted by Crippen LogP contribution is -2.21. The van der Waals surface area contributed by atoms with E-state index in [-0.39, 0.29) is 12.3 Å². The van der Waals surface area contributed by atoms with Gasteiger partial charge in [0.2, 0.25) is 0 Å². The van der Waals surface area contributed by atoms with Crippen molar-refractivity contribution in [2.24, 2.45) is 0 Å². The molecule has 0 radical (unpaired) electrons. The Bertz CT molecular complexity index is 649. The second kappa shape index (κ2) is 6.99. The summed E-state index contributed by atoms with van der Waals surface area (Å²) in [5.74, 6) is -0.370. The molecule has 6 heteroatoms. The average molecular weight is 306 g/mol. The van der Waals surface area contributed by atoms with Crippen LogP contribution in [-0.2, 0) is 4.79 Å². The molecule has 0 aliphatic carbocycles. The third-order valence-electron chi connectivity index (χ3n) is 2.69. The Balaban J connectivity index is 1.97. The number of thioether (sulfide) groups is 1. The normalized spacial score (nSPS) is 10.2. The van der Waals surface area contributed by atoms with Gasteiger partial charge in [-0.05, 0) is 36.6 Å². The molecule has 0 saturated carbocycles. The molecule has 0 aromatic heterocycles.